The van der Waals surface area contributed by atoms with Crippen LogP contribution in [0.5, 0.6) is 0 Å². The summed E-state index contributed by atoms with van der Waals surface area (Å²) in [6, 6.07) is -0.569. The average molecular weight is 254 g/mol. The van der Waals surface area contributed by atoms with E-state index in [0.29, 0.717) is 18.9 Å². The minimum Gasteiger partial charge on any atom is -0.480 e. The molecule has 0 saturated carbocycles. The molecule has 0 bridgehead atoms. The van der Waals surface area contributed by atoms with Gasteiger partial charge in [0.05, 0.1) is 11.9 Å². The Morgan fingerprint density at radius 2 is 2.17 bits per heavy atom. The van der Waals surface area contributed by atoms with E-state index >= 15 is 0 Å². The van der Waals surface area contributed by atoms with Gasteiger partial charge in [-0.2, -0.15) is 5.10 Å². The van der Waals surface area contributed by atoms with Crippen LogP contribution in [-0.4, -0.2) is 46.1 Å². The Kier molecular flexibility index (Phi) is 3.47. The number of anilines is 1. The molecule has 0 radical (unpaired) electrons. The Balaban J connectivity index is 2.00. The number of H-pyrrole nitrogens is 1. The van der Waals surface area contributed by atoms with Gasteiger partial charge in [-0.25, -0.2) is 9.59 Å². The predicted molar refractivity (Wildman–Crippen MR) is 61.2 cm³/mol. The summed E-state index contributed by atoms with van der Waals surface area (Å²) in [6.45, 7) is 0.635. The van der Waals surface area contributed by atoms with Gasteiger partial charge >= 0.3 is 12.0 Å². The van der Waals surface area contributed by atoms with Gasteiger partial charge in [0.2, 0.25) is 0 Å². The van der Waals surface area contributed by atoms with Crippen LogP contribution in [0.1, 0.15) is 12.8 Å². The number of ether oxygens (including phenoxy) is 1. The number of rotatable bonds is 3. The molecule has 1 fully saturated rings. The highest BCUT2D eigenvalue weighted by atomic mass is 16.5. The van der Waals surface area contributed by atoms with E-state index < -0.39 is 17.5 Å². The number of urea groups is 1. The largest absolute Gasteiger partial charge is 0.480 e. The lowest BCUT2D eigenvalue weighted by Crippen LogP contribution is -2.58. The van der Waals surface area contributed by atoms with E-state index in [1.807, 2.05) is 0 Å². The number of carboxylic acid groups (broad SMARTS) is 1. The topological polar surface area (TPSA) is 116 Å². The minimum absolute atomic E-state index is 0.251. The first-order valence-corrected chi connectivity index (χ1v) is 5.51. The molecule has 8 nitrogen and oxygen atoms in total. The third-order valence-corrected chi connectivity index (χ3v) is 2.86. The molecule has 0 spiro atoms. The Morgan fingerprint density at radius 1 is 1.44 bits per heavy atom. The van der Waals surface area contributed by atoms with Crippen LogP contribution in [0, 0.1) is 0 Å². The first-order chi connectivity index (χ1) is 8.62. The number of carbonyl (C=O) groups excluding carboxylic acids is 1. The molecule has 0 aromatic carbocycles. The molecule has 4 N–H and O–H groups in total. The Labute approximate surface area is 103 Å². The van der Waals surface area contributed by atoms with Gasteiger partial charge in [-0.1, -0.05) is 0 Å². The molecule has 18 heavy (non-hydrogen) atoms. The SMILES string of the molecule is O=C(Nc1cn[nH]c1)NC1(C(=O)O)CCOCC1. The molecule has 0 aliphatic carbocycles. The maximum atomic E-state index is 11.7. The van der Waals surface area contributed by atoms with E-state index in [2.05, 4.69) is 20.8 Å². The quantitative estimate of drug-likeness (QED) is 0.613. The van der Waals surface area contributed by atoms with Crippen LogP contribution < -0.4 is 10.6 Å². The van der Waals surface area contributed by atoms with Crippen LogP contribution in [0.25, 0.3) is 0 Å². The highest BCUT2D eigenvalue weighted by Gasteiger charge is 2.41. The van der Waals surface area contributed by atoms with Crippen molar-refractivity contribution in [1.82, 2.24) is 15.5 Å². The molecule has 1 aromatic heterocycles. The molecule has 2 rings (SSSR count). The van der Waals surface area contributed by atoms with Crippen molar-refractivity contribution in [3.05, 3.63) is 12.4 Å². The van der Waals surface area contributed by atoms with Crippen molar-refractivity contribution in [1.29, 1.82) is 0 Å². The Morgan fingerprint density at radius 3 is 2.72 bits per heavy atom. The molecule has 0 unspecified atom stereocenters. The van der Waals surface area contributed by atoms with Gasteiger partial charge in [-0.3, -0.25) is 5.10 Å². The molecule has 1 aliphatic rings. The van der Waals surface area contributed by atoms with Crippen LogP contribution in [0.4, 0.5) is 10.5 Å². The zero-order chi connectivity index (χ0) is 13.0. The summed E-state index contributed by atoms with van der Waals surface area (Å²) in [4.78, 5) is 23.0. The number of nitrogens with zero attached hydrogens (tertiary/aromatic N) is 1. The van der Waals surface area contributed by atoms with Gasteiger partial charge in [0.1, 0.15) is 5.54 Å². The van der Waals surface area contributed by atoms with Gasteiger partial charge in [-0.05, 0) is 0 Å². The van der Waals surface area contributed by atoms with Crippen LogP contribution in [-0.2, 0) is 9.53 Å². The molecule has 98 valence electrons. The second-order valence-corrected chi connectivity index (χ2v) is 4.07. The number of aromatic amines is 1. The summed E-state index contributed by atoms with van der Waals surface area (Å²) in [6.07, 6.45) is 3.43. The molecule has 0 atom stereocenters. The van der Waals surface area contributed by atoms with E-state index in [1.54, 1.807) is 0 Å². The summed E-state index contributed by atoms with van der Waals surface area (Å²) in [5.74, 6) is -1.05. The molecule has 1 aliphatic heterocycles. The van der Waals surface area contributed by atoms with Gasteiger partial charge in [-0.15, -0.1) is 0 Å². The van der Waals surface area contributed by atoms with Crippen molar-refractivity contribution in [2.45, 2.75) is 18.4 Å². The van der Waals surface area contributed by atoms with Crippen molar-refractivity contribution in [2.75, 3.05) is 18.5 Å². The number of aromatic nitrogens is 2. The normalized spacial score (nSPS) is 18.0. The highest BCUT2D eigenvalue weighted by molar-refractivity contribution is 5.93. The number of hydrogen-bond donors (Lipinski definition) is 4. The summed E-state index contributed by atoms with van der Waals surface area (Å²) < 4.78 is 5.11. The van der Waals surface area contributed by atoms with E-state index in [4.69, 9.17) is 4.74 Å². The van der Waals surface area contributed by atoms with E-state index in [9.17, 15) is 14.7 Å². The van der Waals surface area contributed by atoms with E-state index in [-0.39, 0.29) is 12.8 Å². The third-order valence-electron chi connectivity index (χ3n) is 2.86. The van der Waals surface area contributed by atoms with Crippen molar-refractivity contribution in [2.24, 2.45) is 0 Å². The van der Waals surface area contributed by atoms with Gasteiger partial charge in [0.25, 0.3) is 0 Å². The van der Waals surface area contributed by atoms with Gasteiger partial charge in [0.15, 0.2) is 0 Å². The fraction of sp³-hybridized carbons (Fsp3) is 0.500. The summed E-state index contributed by atoms with van der Waals surface area (Å²) >= 11 is 0. The Hall–Kier alpha value is -2.09. The second-order valence-electron chi connectivity index (χ2n) is 4.07. The lowest BCUT2D eigenvalue weighted by molar-refractivity contribution is -0.148. The molecule has 1 saturated heterocycles. The van der Waals surface area contributed by atoms with Crippen LogP contribution in [0.2, 0.25) is 0 Å². The van der Waals surface area contributed by atoms with Crippen molar-refractivity contribution >= 4 is 17.7 Å². The fourth-order valence-corrected chi connectivity index (χ4v) is 1.81. The predicted octanol–water partition coefficient (Wildman–Crippen LogP) is 0.165. The van der Waals surface area contributed by atoms with Crippen molar-refractivity contribution in [3.8, 4) is 0 Å². The van der Waals surface area contributed by atoms with Crippen molar-refractivity contribution < 1.29 is 19.4 Å². The monoisotopic (exact) mass is 254 g/mol. The molecule has 1 aromatic rings. The molecular weight excluding hydrogens is 240 g/mol. The number of carboxylic acids is 1. The zero-order valence-electron chi connectivity index (χ0n) is 9.60. The molecule has 8 heteroatoms. The second kappa shape index (κ2) is 5.05. The number of aliphatic carboxylic acids is 1. The minimum atomic E-state index is -1.26. The maximum Gasteiger partial charge on any atom is 0.329 e. The van der Waals surface area contributed by atoms with Crippen molar-refractivity contribution in [3.63, 3.8) is 0 Å². The molecule has 2 heterocycles. The molecular formula is C10H14N4O4. The van der Waals surface area contributed by atoms with Crippen LogP contribution >= 0.6 is 0 Å². The highest BCUT2D eigenvalue weighted by Crippen LogP contribution is 2.21. The summed E-state index contributed by atoms with van der Waals surface area (Å²) in [7, 11) is 0. The standard InChI is InChI=1S/C10H14N4O4/c15-8(16)10(1-3-18-4-2-10)14-9(17)13-7-5-11-12-6-7/h5-6H,1-4H2,(H,11,12)(H,15,16)(H2,13,14,17). The first kappa shape index (κ1) is 12.4. The van der Waals surface area contributed by atoms with Crippen LogP contribution in [0.15, 0.2) is 12.4 Å². The summed E-state index contributed by atoms with van der Waals surface area (Å²) in [5.41, 5.74) is -0.786. The average Bonchev–Trinajstić information content (AvgIpc) is 2.82. The van der Waals surface area contributed by atoms with Gasteiger partial charge in [0, 0.05) is 32.3 Å². The lowest BCUT2D eigenvalue weighted by atomic mass is 9.90. The van der Waals surface area contributed by atoms with E-state index in [0.717, 1.165) is 0 Å². The van der Waals surface area contributed by atoms with E-state index in [1.165, 1.54) is 12.4 Å². The number of nitrogens with one attached hydrogen (secondary N) is 3. The fourth-order valence-electron chi connectivity index (χ4n) is 1.81. The first-order valence-electron chi connectivity index (χ1n) is 5.51. The number of amides is 2. The Bertz CT molecular complexity index is 425. The maximum absolute atomic E-state index is 11.7. The smallest absolute Gasteiger partial charge is 0.329 e. The number of carbonyl (C=O) groups is 2. The third kappa shape index (κ3) is 2.59. The van der Waals surface area contributed by atoms with Crippen LogP contribution in [0.3, 0.4) is 0 Å². The summed E-state index contributed by atoms with van der Waals surface area (Å²) in [5, 5.41) is 20.5. The zero-order valence-corrected chi connectivity index (χ0v) is 9.60. The number of hydrogen-bond acceptors (Lipinski definition) is 4. The lowest BCUT2D eigenvalue weighted by Gasteiger charge is -2.33. The van der Waals surface area contributed by atoms with Gasteiger partial charge < -0.3 is 20.5 Å². The molecule has 2 amide bonds.